The van der Waals surface area contributed by atoms with Crippen LogP contribution in [0, 0.1) is 0 Å². The van der Waals surface area contributed by atoms with Crippen LogP contribution in [0.4, 0.5) is 0 Å². The normalized spacial score (nSPS) is 22.0. The summed E-state index contributed by atoms with van der Waals surface area (Å²) in [6.45, 7) is 0. The first-order chi connectivity index (χ1) is 10.3. The van der Waals surface area contributed by atoms with Gasteiger partial charge in [0, 0.05) is 7.11 Å². The third-order valence-corrected chi connectivity index (χ3v) is 5.55. The van der Waals surface area contributed by atoms with Gasteiger partial charge in [0.2, 0.25) is 0 Å². The molecule has 0 spiro atoms. The van der Waals surface area contributed by atoms with Gasteiger partial charge in [-0.05, 0) is 55.2 Å². The number of nitrogens with two attached hydrogens (primary N) is 1. The van der Waals surface area contributed by atoms with E-state index in [9.17, 15) is 0 Å². The molecule has 2 aliphatic carbocycles. The highest BCUT2D eigenvalue weighted by Crippen LogP contribution is 2.35. The van der Waals surface area contributed by atoms with E-state index >= 15 is 0 Å². The number of ether oxygens (including phenoxy) is 1. The van der Waals surface area contributed by atoms with E-state index in [0.29, 0.717) is 0 Å². The first kappa shape index (κ1) is 15.0. The van der Waals surface area contributed by atoms with E-state index in [1.807, 2.05) is 7.11 Å². The van der Waals surface area contributed by atoms with Crippen molar-refractivity contribution in [1.29, 1.82) is 0 Å². The Kier molecular flexibility index (Phi) is 4.63. The Morgan fingerprint density at radius 1 is 1.14 bits per heavy atom. The number of aryl methyl sites for hydroxylation is 2. The highest BCUT2D eigenvalue weighted by molar-refractivity contribution is 5.35. The fourth-order valence-electron chi connectivity index (χ4n) is 4.23. The molecule has 3 N–H and O–H groups in total. The summed E-state index contributed by atoms with van der Waals surface area (Å²) in [5.41, 5.74) is 7.43. The van der Waals surface area contributed by atoms with Gasteiger partial charge in [-0.15, -0.1) is 0 Å². The van der Waals surface area contributed by atoms with Crippen LogP contribution in [0.2, 0.25) is 0 Å². The topological polar surface area (TPSA) is 47.3 Å². The van der Waals surface area contributed by atoms with Gasteiger partial charge >= 0.3 is 0 Å². The largest absolute Gasteiger partial charge is 0.377 e. The predicted octanol–water partition coefficient (Wildman–Crippen LogP) is 2.90. The lowest BCUT2D eigenvalue weighted by atomic mass is 9.77. The van der Waals surface area contributed by atoms with Crippen LogP contribution >= 0.6 is 0 Å². The van der Waals surface area contributed by atoms with E-state index in [2.05, 4.69) is 23.6 Å². The number of nitrogens with one attached hydrogen (secondary N) is 1. The van der Waals surface area contributed by atoms with Crippen molar-refractivity contribution in [3.63, 3.8) is 0 Å². The second-order valence-electron chi connectivity index (χ2n) is 6.71. The third kappa shape index (κ3) is 3.01. The average molecular weight is 288 g/mol. The molecule has 0 aliphatic heterocycles. The average Bonchev–Trinajstić information content (AvgIpc) is 3.01. The molecule has 1 unspecified atom stereocenters. The molecule has 3 rings (SSSR count). The summed E-state index contributed by atoms with van der Waals surface area (Å²) >= 11 is 0. The highest BCUT2D eigenvalue weighted by Gasteiger charge is 2.39. The first-order valence-electron chi connectivity index (χ1n) is 8.39. The van der Waals surface area contributed by atoms with Crippen LogP contribution in [0.15, 0.2) is 18.2 Å². The molecule has 1 aromatic carbocycles. The number of methoxy groups -OCH3 is 1. The van der Waals surface area contributed by atoms with Gasteiger partial charge in [-0.25, -0.2) is 0 Å². The van der Waals surface area contributed by atoms with Gasteiger partial charge in [-0.3, -0.25) is 11.3 Å². The second-order valence-corrected chi connectivity index (χ2v) is 6.71. The van der Waals surface area contributed by atoms with Crippen molar-refractivity contribution in [3.05, 3.63) is 34.9 Å². The zero-order valence-corrected chi connectivity index (χ0v) is 13.2. The van der Waals surface area contributed by atoms with Crippen molar-refractivity contribution in [2.75, 3.05) is 7.11 Å². The summed E-state index contributed by atoms with van der Waals surface area (Å²) in [6.07, 6.45) is 10.8. The molecule has 116 valence electrons. The van der Waals surface area contributed by atoms with E-state index in [0.717, 1.165) is 19.3 Å². The lowest BCUT2D eigenvalue weighted by Crippen LogP contribution is -2.56. The van der Waals surface area contributed by atoms with Crippen molar-refractivity contribution in [3.8, 4) is 0 Å². The fraction of sp³-hybridized carbons (Fsp3) is 0.667. The minimum atomic E-state index is -0.0913. The van der Waals surface area contributed by atoms with Gasteiger partial charge in [-0.2, -0.15) is 0 Å². The van der Waals surface area contributed by atoms with Gasteiger partial charge < -0.3 is 4.74 Å². The Labute approximate surface area is 128 Å². The van der Waals surface area contributed by atoms with Crippen LogP contribution in [-0.2, 0) is 24.0 Å². The van der Waals surface area contributed by atoms with E-state index in [-0.39, 0.29) is 11.6 Å². The van der Waals surface area contributed by atoms with Crippen molar-refractivity contribution in [2.45, 2.75) is 69.4 Å². The van der Waals surface area contributed by atoms with Gasteiger partial charge in [-0.1, -0.05) is 37.5 Å². The molecule has 2 aliphatic rings. The molecule has 3 heteroatoms. The molecular weight excluding hydrogens is 260 g/mol. The van der Waals surface area contributed by atoms with Crippen LogP contribution in [0.25, 0.3) is 0 Å². The Morgan fingerprint density at radius 3 is 2.62 bits per heavy atom. The van der Waals surface area contributed by atoms with Crippen LogP contribution in [0.3, 0.4) is 0 Å². The van der Waals surface area contributed by atoms with Gasteiger partial charge in [0.1, 0.15) is 0 Å². The molecule has 0 heterocycles. The number of rotatable bonds is 5. The number of hydrogen-bond donors (Lipinski definition) is 2. The van der Waals surface area contributed by atoms with E-state index in [1.54, 1.807) is 5.56 Å². The highest BCUT2D eigenvalue weighted by atomic mass is 16.5. The van der Waals surface area contributed by atoms with E-state index < -0.39 is 0 Å². The zero-order chi connectivity index (χ0) is 14.7. The predicted molar refractivity (Wildman–Crippen MR) is 86.1 cm³/mol. The van der Waals surface area contributed by atoms with Crippen LogP contribution in [-0.4, -0.2) is 18.8 Å². The Balaban J connectivity index is 1.77. The van der Waals surface area contributed by atoms with Crippen molar-refractivity contribution in [1.82, 2.24) is 5.43 Å². The van der Waals surface area contributed by atoms with E-state index in [4.69, 9.17) is 10.6 Å². The number of hydrazine groups is 1. The zero-order valence-electron chi connectivity index (χ0n) is 13.2. The van der Waals surface area contributed by atoms with E-state index in [1.165, 1.54) is 49.7 Å². The molecule has 0 aromatic heterocycles. The van der Waals surface area contributed by atoms with Crippen molar-refractivity contribution >= 4 is 0 Å². The molecule has 3 nitrogen and oxygen atoms in total. The lowest BCUT2D eigenvalue weighted by Gasteiger charge is -2.42. The molecule has 1 atom stereocenters. The molecule has 21 heavy (non-hydrogen) atoms. The second kappa shape index (κ2) is 6.47. The number of hydrogen-bond acceptors (Lipinski definition) is 3. The molecule has 0 bridgehead atoms. The molecular formula is C18H28N2O. The van der Waals surface area contributed by atoms with Crippen LogP contribution in [0.1, 0.15) is 55.2 Å². The maximum Gasteiger partial charge on any atom is 0.0847 e. The SMILES string of the molecule is COC1(C(Cc2ccc3c(c2)CCC3)NN)CCCCC1. The summed E-state index contributed by atoms with van der Waals surface area (Å²) in [5.74, 6) is 5.90. The van der Waals surface area contributed by atoms with Gasteiger partial charge in [0.15, 0.2) is 0 Å². The Morgan fingerprint density at radius 2 is 1.90 bits per heavy atom. The molecule has 0 amide bonds. The summed E-state index contributed by atoms with van der Waals surface area (Å²) in [4.78, 5) is 0. The smallest absolute Gasteiger partial charge is 0.0847 e. The fourth-order valence-corrected chi connectivity index (χ4v) is 4.23. The van der Waals surface area contributed by atoms with Crippen molar-refractivity contribution < 1.29 is 4.74 Å². The summed E-state index contributed by atoms with van der Waals surface area (Å²) < 4.78 is 5.95. The maximum absolute atomic E-state index is 5.95. The summed E-state index contributed by atoms with van der Waals surface area (Å²) in [7, 11) is 1.85. The molecule has 0 radical (unpaired) electrons. The maximum atomic E-state index is 5.95. The van der Waals surface area contributed by atoms with Gasteiger partial charge in [0.05, 0.1) is 11.6 Å². The van der Waals surface area contributed by atoms with Gasteiger partial charge in [0.25, 0.3) is 0 Å². The van der Waals surface area contributed by atoms with Crippen LogP contribution < -0.4 is 11.3 Å². The van der Waals surface area contributed by atoms with Crippen LogP contribution in [0.5, 0.6) is 0 Å². The molecule has 0 saturated heterocycles. The molecule has 1 saturated carbocycles. The Bertz CT molecular complexity index is 480. The third-order valence-electron chi connectivity index (χ3n) is 5.55. The van der Waals surface area contributed by atoms with Crippen molar-refractivity contribution in [2.24, 2.45) is 5.84 Å². The quantitative estimate of drug-likeness (QED) is 0.647. The summed E-state index contributed by atoms with van der Waals surface area (Å²) in [5, 5.41) is 0. The lowest BCUT2D eigenvalue weighted by molar-refractivity contribution is -0.0673. The monoisotopic (exact) mass is 288 g/mol. The molecule has 1 fully saturated rings. The number of benzene rings is 1. The number of fused-ring (bicyclic) bond motifs is 1. The standard InChI is InChI=1S/C18H28N2O/c1-21-18(10-3-2-4-11-18)17(20-19)13-14-8-9-15-6-5-7-16(15)12-14/h8-9,12,17,20H,2-7,10-11,13,19H2,1H3. The minimum Gasteiger partial charge on any atom is -0.377 e. The minimum absolute atomic E-state index is 0.0913. The first-order valence-corrected chi connectivity index (χ1v) is 8.39. The summed E-state index contributed by atoms with van der Waals surface area (Å²) in [6, 6.07) is 7.17. The molecule has 1 aromatic rings. The Hall–Kier alpha value is -0.900.